The molecule has 1 aromatic rings. The summed E-state index contributed by atoms with van der Waals surface area (Å²) in [5, 5.41) is 11.3. The molecule has 0 radical (unpaired) electrons. The Balaban J connectivity index is 2.33. The molecule has 1 fully saturated rings. The largest absolute Gasteiger partial charge is 0.388 e. The van der Waals surface area contributed by atoms with Gasteiger partial charge in [0.15, 0.2) is 0 Å². The number of aliphatic hydroxyl groups excluding tert-OH is 1. The second kappa shape index (κ2) is 5.91. The Morgan fingerprint density at radius 3 is 2.61 bits per heavy atom. The molecule has 0 bridgehead atoms. The highest BCUT2D eigenvalue weighted by Gasteiger charge is 2.39. The van der Waals surface area contributed by atoms with E-state index in [2.05, 4.69) is 15.9 Å². The zero-order valence-electron chi connectivity index (χ0n) is 10.3. The van der Waals surface area contributed by atoms with E-state index in [1.54, 1.807) is 0 Å². The molecule has 0 heterocycles. The van der Waals surface area contributed by atoms with Crippen LogP contribution < -0.4 is 5.73 Å². The summed E-state index contributed by atoms with van der Waals surface area (Å²) in [4.78, 5) is 0. The van der Waals surface area contributed by atoms with Gasteiger partial charge in [0.25, 0.3) is 0 Å². The Morgan fingerprint density at radius 2 is 2.00 bits per heavy atom. The molecule has 0 aliphatic heterocycles. The summed E-state index contributed by atoms with van der Waals surface area (Å²) in [5.41, 5.74) is 6.53. The summed E-state index contributed by atoms with van der Waals surface area (Å²) in [5.74, 6) is 0. The molecular formula is C14H19BrClNO. The van der Waals surface area contributed by atoms with Crippen LogP contribution in [-0.2, 0) is 0 Å². The topological polar surface area (TPSA) is 46.2 Å². The molecule has 3 N–H and O–H groups in total. The molecule has 1 aromatic carbocycles. The van der Waals surface area contributed by atoms with Crippen molar-refractivity contribution >= 4 is 27.5 Å². The minimum Gasteiger partial charge on any atom is -0.388 e. The van der Waals surface area contributed by atoms with Gasteiger partial charge in [-0.25, -0.2) is 0 Å². The molecule has 0 spiro atoms. The van der Waals surface area contributed by atoms with E-state index in [1.165, 1.54) is 6.42 Å². The summed E-state index contributed by atoms with van der Waals surface area (Å²) < 4.78 is 0.934. The van der Waals surface area contributed by atoms with Crippen molar-refractivity contribution < 1.29 is 5.11 Å². The van der Waals surface area contributed by atoms with Gasteiger partial charge in [0.2, 0.25) is 0 Å². The lowest BCUT2D eigenvalue weighted by Crippen LogP contribution is -2.38. The SMILES string of the molecule is NCC1(C(O)c2cc(Br)ccc2Cl)CCCCC1. The van der Waals surface area contributed by atoms with E-state index in [9.17, 15) is 5.11 Å². The fraction of sp³-hybridized carbons (Fsp3) is 0.571. The third-order valence-electron chi connectivity index (χ3n) is 4.09. The number of hydrogen-bond acceptors (Lipinski definition) is 2. The van der Waals surface area contributed by atoms with Crippen molar-refractivity contribution in [1.82, 2.24) is 0 Å². The van der Waals surface area contributed by atoms with Gasteiger partial charge in [-0.15, -0.1) is 0 Å². The van der Waals surface area contributed by atoms with Gasteiger partial charge < -0.3 is 10.8 Å². The van der Waals surface area contributed by atoms with Gasteiger partial charge >= 0.3 is 0 Å². The molecular weight excluding hydrogens is 314 g/mol. The summed E-state index contributed by atoms with van der Waals surface area (Å²) in [7, 11) is 0. The smallest absolute Gasteiger partial charge is 0.0873 e. The first-order valence-electron chi connectivity index (χ1n) is 6.42. The number of aliphatic hydroxyl groups is 1. The number of nitrogens with two attached hydrogens (primary N) is 1. The van der Waals surface area contributed by atoms with Gasteiger partial charge in [-0.3, -0.25) is 0 Å². The Morgan fingerprint density at radius 1 is 1.33 bits per heavy atom. The fourth-order valence-corrected chi connectivity index (χ4v) is 3.50. The minimum atomic E-state index is -0.576. The summed E-state index contributed by atoms with van der Waals surface area (Å²) in [6, 6.07) is 5.60. The first kappa shape index (κ1) is 14.3. The van der Waals surface area contributed by atoms with Gasteiger partial charge in [0.1, 0.15) is 0 Å². The Bertz CT molecular complexity index is 418. The highest BCUT2D eigenvalue weighted by Crippen LogP contribution is 2.47. The van der Waals surface area contributed by atoms with Crippen LogP contribution in [0.1, 0.15) is 43.8 Å². The molecule has 1 atom stereocenters. The first-order chi connectivity index (χ1) is 8.59. The van der Waals surface area contributed by atoms with Crippen molar-refractivity contribution in [2.24, 2.45) is 11.1 Å². The quantitative estimate of drug-likeness (QED) is 0.877. The average Bonchev–Trinajstić information content (AvgIpc) is 2.41. The number of halogens is 2. The van der Waals surface area contributed by atoms with Crippen LogP contribution in [0.2, 0.25) is 5.02 Å². The predicted octanol–water partition coefficient (Wildman–Crippen LogP) is 4.05. The van der Waals surface area contributed by atoms with Gasteiger partial charge in [-0.2, -0.15) is 0 Å². The molecule has 1 unspecified atom stereocenters. The van der Waals surface area contributed by atoms with Crippen LogP contribution in [0.3, 0.4) is 0 Å². The average molecular weight is 333 g/mol. The zero-order chi connectivity index (χ0) is 13.2. The third-order valence-corrected chi connectivity index (χ3v) is 4.93. The maximum absolute atomic E-state index is 10.7. The highest BCUT2D eigenvalue weighted by atomic mass is 79.9. The number of benzene rings is 1. The van der Waals surface area contributed by atoms with Gasteiger partial charge in [-0.1, -0.05) is 46.8 Å². The Hall–Kier alpha value is -0.0900. The van der Waals surface area contributed by atoms with Crippen LogP contribution >= 0.6 is 27.5 Å². The molecule has 1 aliphatic rings. The van der Waals surface area contributed by atoms with Crippen LogP contribution in [0, 0.1) is 5.41 Å². The molecule has 4 heteroatoms. The number of hydrogen-bond donors (Lipinski definition) is 2. The predicted molar refractivity (Wildman–Crippen MR) is 78.7 cm³/mol. The monoisotopic (exact) mass is 331 g/mol. The van der Waals surface area contributed by atoms with Gasteiger partial charge in [0, 0.05) is 27.0 Å². The van der Waals surface area contributed by atoms with Crippen LogP contribution in [-0.4, -0.2) is 11.7 Å². The van der Waals surface area contributed by atoms with Crippen LogP contribution in [0.5, 0.6) is 0 Å². The van der Waals surface area contributed by atoms with E-state index in [0.29, 0.717) is 11.6 Å². The Labute approximate surface area is 122 Å². The second-order valence-electron chi connectivity index (χ2n) is 5.20. The van der Waals surface area contributed by atoms with Crippen molar-refractivity contribution in [1.29, 1.82) is 0 Å². The van der Waals surface area contributed by atoms with Crippen molar-refractivity contribution in [2.45, 2.75) is 38.2 Å². The maximum Gasteiger partial charge on any atom is 0.0873 e. The maximum atomic E-state index is 10.7. The van der Waals surface area contributed by atoms with E-state index in [0.717, 1.165) is 35.7 Å². The second-order valence-corrected chi connectivity index (χ2v) is 6.52. The molecule has 2 nitrogen and oxygen atoms in total. The van der Waals surface area contributed by atoms with Crippen LogP contribution in [0.25, 0.3) is 0 Å². The standard InChI is InChI=1S/C14H19BrClNO/c15-10-4-5-12(16)11(8-10)13(18)14(9-17)6-2-1-3-7-14/h4-5,8,13,18H,1-3,6-7,9,17H2. The molecule has 0 saturated heterocycles. The molecule has 0 amide bonds. The molecule has 1 saturated carbocycles. The molecule has 2 rings (SSSR count). The molecule has 0 aromatic heterocycles. The van der Waals surface area contributed by atoms with Crippen molar-refractivity contribution in [3.8, 4) is 0 Å². The minimum absolute atomic E-state index is 0.206. The first-order valence-corrected chi connectivity index (χ1v) is 7.59. The lowest BCUT2D eigenvalue weighted by molar-refractivity contribution is 0.000730. The van der Waals surface area contributed by atoms with Crippen molar-refractivity contribution in [3.63, 3.8) is 0 Å². The van der Waals surface area contributed by atoms with Crippen molar-refractivity contribution in [3.05, 3.63) is 33.3 Å². The van der Waals surface area contributed by atoms with Gasteiger partial charge in [-0.05, 0) is 31.0 Å². The lowest BCUT2D eigenvalue weighted by atomic mass is 9.68. The Kier molecular flexibility index (Phi) is 4.70. The molecule has 1 aliphatic carbocycles. The zero-order valence-corrected chi connectivity index (χ0v) is 12.7. The van der Waals surface area contributed by atoms with Crippen LogP contribution in [0.15, 0.2) is 22.7 Å². The van der Waals surface area contributed by atoms with E-state index in [1.807, 2.05) is 18.2 Å². The lowest BCUT2D eigenvalue weighted by Gasteiger charge is -2.40. The molecule has 18 heavy (non-hydrogen) atoms. The van der Waals surface area contributed by atoms with E-state index >= 15 is 0 Å². The van der Waals surface area contributed by atoms with E-state index in [-0.39, 0.29) is 5.41 Å². The molecule has 100 valence electrons. The summed E-state index contributed by atoms with van der Waals surface area (Å²) >= 11 is 9.63. The van der Waals surface area contributed by atoms with Crippen LogP contribution in [0.4, 0.5) is 0 Å². The summed E-state index contributed by atoms with van der Waals surface area (Å²) in [6.45, 7) is 0.511. The summed E-state index contributed by atoms with van der Waals surface area (Å²) in [6.07, 6.45) is 4.90. The van der Waals surface area contributed by atoms with E-state index < -0.39 is 6.10 Å². The van der Waals surface area contributed by atoms with Gasteiger partial charge in [0.05, 0.1) is 6.10 Å². The number of rotatable bonds is 3. The third kappa shape index (κ3) is 2.74. The fourth-order valence-electron chi connectivity index (χ4n) is 2.90. The van der Waals surface area contributed by atoms with Crippen molar-refractivity contribution in [2.75, 3.05) is 6.54 Å². The van der Waals surface area contributed by atoms with E-state index in [4.69, 9.17) is 17.3 Å². The normalized spacial score (nSPS) is 20.7. The highest BCUT2D eigenvalue weighted by molar-refractivity contribution is 9.10.